The van der Waals surface area contributed by atoms with E-state index < -0.39 is 16.0 Å². The Bertz CT molecular complexity index is 652. The molecule has 126 valence electrons. The number of benzene rings is 1. The van der Waals surface area contributed by atoms with Crippen molar-refractivity contribution in [3.8, 4) is 0 Å². The molecule has 0 spiro atoms. The summed E-state index contributed by atoms with van der Waals surface area (Å²) in [5.74, 6) is -1.32. The van der Waals surface area contributed by atoms with Crippen molar-refractivity contribution in [2.24, 2.45) is 0 Å². The summed E-state index contributed by atoms with van der Waals surface area (Å²) in [7, 11) is -3.53. The van der Waals surface area contributed by atoms with Crippen LogP contribution in [0.3, 0.4) is 0 Å². The highest BCUT2D eigenvalue weighted by molar-refractivity contribution is 7.89. The molecule has 0 bridgehead atoms. The van der Waals surface area contributed by atoms with E-state index in [9.17, 15) is 23.1 Å². The lowest BCUT2D eigenvalue weighted by Gasteiger charge is -2.34. The number of carboxylic acids is 1. The Morgan fingerprint density at radius 3 is 2.17 bits per heavy atom. The first-order valence-electron chi connectivity index (χ1n) is 7.44. The zero-order valence-corrected chi connectivity index (χ0v) is 13.5. The maximum Gasteiger partial charge on any atom is 0.243 e. The van der Waals surface area contributed by atoms with Crippen molar-refractivity contribution in [2.75, 3.05) is 26.2 Å². The lowest BCUT2D eigenvalue weighted by molar-refractivity contribution is -0.305. The molecular weight excluding hydrogens is 320 g/mol. The molecule has 7 nitrogen and oxygen atoms in total. The lowest BCUT2D eigenvalue weighted by Crippen LogP contribution is -2.50. The van der Waals surface area contributed by atoms with E-state index in [4.69, 9.17) is 0 Å². The number of carbonyl (C=O) groups is 2. The molecule has 0 aromatic heterocycles. The molecular formula is C15H19N2O5S-. The van der Waals surface area contributed by atoms with Gasteiger partial charge in [0.05, 0.1) is 4.90 Å². The SMILES string of the molecule is O=C([O-])CCCC(=O)N1CCN(S(=O)(=O)c2ccccc2)CC1. The zero-order chi connectivity index (χ0) is 16.9. The Balaban J connectivity index is 1.88. The second-order valence-corrected chi connectivity index (χ2v) is 7.26. The van der Waals surface area contributed by atoms with Crippen molar-refractivity contribution in [1.82, 2.24) is 9.21 Å². The van der Waals surface area contributed by atoms with E-state index >= 15 is 0 Å². The van der Waals surface area contributed by atoms with Crippen LogP contribution in [0.2, 0.25) is 0 Å². The van der Waals surface area contributed by atoms with Gasteiger partial charge in [0.1, 0.15) is 0 Å². The molecule has 2 rings (SSSR count). The third-order valence-electron chi connectivity index (χ3n) is 3.74. The summed E-state index contributed by atoms with van der Waals surface area (Å²) >= 11 is 0. The fraction of sp³-hybridized carbons (Fsp3) is 0.467. The number of carboxylic acid groups (broad SMARTS) is 1. The molecule has 0 atom stereocenters. The molecule has 23 heavy (non-hydrogen) atoms. The highest BCUT2D eigenvalue weighted by Crippen LogP contribution is 2.17. The highest BCUT2D eigenvalue weighted by atomic mass is 32.2. The Kier molecular flexibility index (Phi) is 5.73. The smallest absolute Gasteiger partial charge is 0.243 e. The number of hydrogen-bond donors (Lipinski definition) is 0. The predicted molar refractivity (Wildman–Crippen MR) is 80.6 cm³/mol. The van der Waals surface area contributed by atoms with Gasteiger partial charge in [0, 0.05) is 38.6 Å². The van der Waals surface area contributed by atoms with Crippen molar-refractivity contribution in [3.63, 3.8) is 0 Å². The summed E-state index contributed by atoms with van der Waals surface area (Å²) in [6, 6.07) is 8.19. The van der Waals surface area contributed by atoms with E-state index in [0.29, 0.717) is 13.1 Å². The van der Waals surface area contributed by atoms with Crippen LogP contribution >= 0.6 is 0 Å². The van der Waals surface area contributed by atoms with Crippen molar-refractivity contribution < 1.29 is 23.1 Å². The van der Waals surface area contributed by atoms with Crippen LogP contribution in [0.4, 0.5) is 0 Å². The van der Waals surface area contributed by atoms with E-state index in [0.717, 1.165) is 0 Å². The van der Waals surface area contributed by atoms with Crippen molar-refractivity contribution in [1.29, 1.82) is 0 Å². The van der Waals surface area contributed by atoms with Crippen LogP contribution in [0.15, 0.2) is 35.2 Å². The second-order valence-electron chi connectivity index (χ2n) is 5.32. The van der Waals surface area contributed by atoms with Gasteiger partial charge in [-0.05, 0) is 25.0 Å². The van der Waals surface area contributed by atoms with Gasteiger partial charge in [-0.25, -0.2) is 8.42 Å². The zero-order valence-electron chi connectivity index (χ0n) is 12.7. The maximum atomic E-state index is 12.5. The first-order valence-corrected chi connectivity index (χ1v) is 8.88. The summed E-state index contributed by atoms with van der Waals surface area (Å²) in [5.41, 5.74) is 0. The molecule has 0 N–H and O–H groups in total. The molecule has 1 aliphatic rings. The molecule has 0 saturated carbocycles. The number of piperazine rings is 1. The van der Waals surface area contributed by atoms with Crippen LogP contribution in [0.25, 0.3) is 0 Å². The van der Waals surface area contributed by atoms with E-state index in [1.165, 1.54) is 4.31 Å². The molecule has 1 saturated heterocycles. The summed E-state index contributed by atoms with van der Waals surface area (Å²) in [6.07, 6.45) is 0.233. The first-order chi connectivity index (χ1) is 10.9. The molecule has 1 amide bonds. The number of rotatable bonds is 6. The van der Waals surface area contributed by atoms with Gasteiger partial charge in [-0.15, -0.1) is 0 Å². The number of nitrogens with zero attached hydrogens (tertiary/aromatic N) is 2. The molecule has 1 heterocycles. The fourth-order valence-corrected chi connectivity index (χ4v) is 3.90. The summed E-state index contributed by atoms with van der Waals surface area (Å²) in [5, 5.41) is 10.3. The third kappa shape index (κ3) is 4.52. The minimum Gasteiger partial charge on any atom is -0.550 e. The van der Waals surface area contributed by atoms with Gasteiger partial charge in [-0.2, -0.15) is 4.31 Å². The van der Waals surface area contributed by atoms with E-state index in [1.807, 2.05) is 0 Å². The molecule has 1 aromatic carbocycles. The van der Waals surface area contributed by atoms with Crippen molar-refractivity contribution in [2.45, 2.75) is 24.2 Å². The minimum absolute atomic E-state index is 0.138. The van der Waals surface area contributed by atoms with Crippen LogP contribution in [-0.4, -0.2) is 55.7 Å². The number of hydrogen-bond acceptors (Lipinski definition) is 5. The monoisotopic (exact) mass is 339 g/mol. The molecule has 1 aliphatic heterocycles. The summed E-state index contributed by atoms with van der Waals surface area (Å²) < 4.78 is 26.3. The van der Waals surface area contributed by atoms with Gasteiger partial charge in [0.25, 0.3) is 0 Å². The Hall–Kier alpha value is -1.93. The largest absolute Gasteiger partial charge is 0.550 e. The molecule has 0 aliphatic carbocycles. The predicted octanol–water partition coefficient (Wildman–Crippen LogP) is -0.560. The quantitative estimate of drug-likeness (QED) is 0.692. The summed E-state index contributed by atoms with van der Waals surface area (Å²) in [4.78, 5) is 24.1. The fourth-order valence-electron chi connectivity index (χ4n) is 2.46. The molecule has 1 fully saturated rings. The van der Waals surface area contributed by atoms with Gasteiger partial charge < -0.3 is 14.8 Å². The number of amides is 1. The van der Waals surface area contributed by atoms with Crippen LogP contribution < -0.4 is 5.11 Å². The Labute approximate surface area is 135 Å². The molecule has 1 aromatic rings. The van der Waals surface area contributed by atoms with Gasteiger partial charge >= 0.3 is 0 Å². The number of aliphatic carboxylic acids is 1. The van der Waals surface area contributed by atoms with Crippen LogP contribution in [-0.2, 0) is 19.6 Å². The molecule has 0 radical (unpaired) electrons. The summed E-state index contributed by atoms with van der Waals surface area (Å²) in [6.45, 7) is 1.11. The van der Waals surface area contributed by atoms with Crippen molar-refractivity contribution in [3.05, 3.63) is 30.3 Å². The average molecular weight is 339 g/mol. The van der Waals surface area contributed by atoms with E-state index in [1.54, 1.807) is 35.2 Å². The number of sulfonamides is 1. The topological polar surface area (TPSA) is 97.8 Å². The number of carbonyl (C=O) groups excluding carboxylic acids is 2. The lowest BCUT2D eigenvalue weighted by atomic mass is 10.2. The van der Waals surface area contributed by atoms with Crippen LogP contribution in [0, 0.1) is 0 Å². The third-order valence-corrected chi connectivity index (χ3v) is 5.66. The van der Waals surface area contributed by atoms with Crippen LogP contribution in [0.1, 0.15) is 19.3 Å². The Morgan fingerprint density at radius 1 is 1.00 bits per heavy atom. The normalized spacial score (nSPS) is 16.3. The van der Waals surface area contributed by atoms with E-state index in [-0.39, 0.29) is 43.2 Å². The van der Waals surface area contributed by atoms with Gasteiger partial charge in [-0.3, -0.25) is 4.79 Å². The van der Waals surface area contributed by atoms with Gasteiger partial charge in [0.15, 0.2) is 0 Å². The minimum atomic E-state index is -3.53. The van der Waals surface area contributed by atoms with Gasteiger partial charge in [-0.1, -0.05) is 18.2 Å². The standard InChI is InChI=1S/C15H20N2O5S/c18-14(7-4-8-15(19)20)16-9-11-17(12-10-16)23(21,22)13-5-2-1-3-6-13/h1-3,5-6H,4,7-12H2,(H,19,20)/p-1. The molecule has 0 unspecified atom stereocenters. The highest BCUT2D eigenvalue weighted by Gasteiger charge is 2.29. The maximum absolute atomic E-state index is 12.5. The van der Waals surface area contributed by atoms with Gasteiger partial charge in [0.2, 0.25) is 15.9 Å². The van der Waals surface area contributed by atoms with E-state index in [2.05, 4.69) is 0 Å². The van der Waals surface area contributed by atoms with Crippen molar-refractivity contribution >= 4 is 21.9 Å². The van der Waals surface area contributed by atoms with Crippen LogP contribution in [0.5, 0.6) is 0 Å². The molecule has 8 heteroatoms. The Morgan fingerprint density at radius 2 is 1.61 bits per heavy atom. The average Bonchev–Trinajstić information content (AvgIpc) is 2.55. The first kappa shape index (κ1) is 17.4. The second kappa shape index (κ2) is 7.56.